The Bertz CT molecular complexity index is 566. The van der Waals surface area contributed by atoms with E-state index < -0.39 is 0 Å². The van der Waals surface area contributed by atoms with Gasteiger partial charge in [0, 0.05) is 37.3 Å². The van der Waals surface area contributed by atoms with E-state index in [1.54, 1.807) is 29.4 Å². The number of ether oxygens (including phenoxy) is 2. The molecule has 2 aliphatic heterocycles. The van der Waals surface area contributed by atoms with Crippen LogP contribution in [0.25, 0.3) is 0 Å². The van der Waals surface area contributed by atoms with E-state index in [0.29, 0.717) is 32.8 Å². The molecule has 1 atom stereocenters. The van der Waals surface area contributed by atoms with E-state index in [1.807, 2.05) is 10.3 Å². The van der Waals surface area contributed by atoms with E-state index in [0.717, 1.165) is 30.7 Å². The molecule has 0 spiro atoms. The van der Waals surface area contributed by atoms with Gasteiger partial charge in [0.15, 0.2) is 0 Å². The summed E-state index contributed by atoms with van der Waals surface area (Å²) in [6, 6.07) is 0.103. The first-order valence-electron chi connectivity index (χ1n) is 8.91. The van der Waals surface area contributed by atoms with Gasteiger partial charge in [-0.1, -0.05) is 0 Å². The zero-order chi connectivity index (χ0) is 17.6. The maximum absolute atomic E-state index is 13.0. The highest BCUT2D eigenvalue weighted by Crippen LogP contribution is 2.24. The molecule has 0 radical (unpaired) electrons. The van der Waals surface area contributed by atoms with Crippen molar-refractivity contribution in [1.82, 2.24) is 14.8 Å². The molecule has 0 aliphatic carbocycles. The van der Waals surface area contributed by atoms with Gasteiger partial charge in [-0.05, 0) is 32.6 Å². The molecule has 0 aromatic carbocycles. The standard InChI is InChI=1S/C17H25N3O4S/c1-2-23-17(22)19-8-5-13(6-9-19)20(12-15-18-7-11-25-15)16(21)14-4-3-10-24-14/h7,11,13-14H,2-6,8-10,12H2,1H3. The zero-order valence-electron chi connectivity index (χ0n) is 14.6. The molecule has 7 nitrogen and oxygen atoms in total. The van der Waals surface area contributed by atoms with E-state index in [-0.39, 0.29) is 24.1 Å². The topological polar surface area (TPSA) is 72.0 Å². The molecule has 0 saturated carbocycles. The van der Waals surface area contributed by atoms with Crippen LogP contribution in [0, 0.1) is 0 Å². The van der Waals surface area contributed by atoms with E-state index in [2.05, 4.69) is 4.98 Å². The summed E-state index contributed by atoms with van der Waals surface area (Å²) in [5.74, 6) is 0.0577. The van der Waals surface area contributed by atoms with Crippen molar-refractivity contribution in [1.29, 1.82) is 0 Å². The quantitative estimate of drug-likeness (QED) is 0.798. The molecule has 1 aromatic rings. The minimum atomic E-state index is -0.331. The molecule has 8 heteroatoms. The average molecular weight is 367 g/mol. The van der Waals surface area contributed by atoms with Crippen molar-refractivity contribution in [3.63, 3.8) is 0 Å². The molecular weight excluding hydrogens is 342 g/mol. The highest BCUT2D eigenvalue weighted by atomic mass is 32.1. The molecule has 2 fully saturated rings. The lowest BCUT2D eigenvalue weighted by molar-refractivity contribution is -0.145. The van der Waals surface area contributed by atoms with Crippen molar-refractivity contribution in [2.75, 3.05) is 26.3 Å². The van der Waals surface area contributed by atoms with Crippen LogP contribution < -0.4 is 0 Å². The van der Waals surface area contributed by atoms with Gasteiger partial charge in [0.2, 0.25) is 0 Å². The molecule has 2 aliphatic rings. The summed E-state index contributed by atoms with van der Waals surface area (Å²) in [6.45, 7) is 4.57. The minimum absolute atomic E-state index is 0.0577. The van der Waals surface area contributed by atoms with Crippen LogP contribution >= 0.6 is 11.3 Å². The normalized spacial score (nSPS) is 21.3. The van der Waals surface area contributed by atoms with Crippen LogP contribution in [0.15, 0.2) is 11.6 Å². The number of aromatic nitrogens is 1. The Morgan fingerprint density at radius 2 is 2.20 bits per heavy atom. The van der Waals surface area contributed by atoms with Crippen molar-refractivity contribution < 1.29 is 19.1 Å². The SMILES string of the molecule is CCOC(=O)N1CCC(N(Cc2nccs2)C(=O)C2CCCO2)CC1. The first-order valence-corrected chi connectivity index (χ1v) is 9.79. The molecule has 3 heterocycles. The molecule has 25 heavy (non-hydrogen) atoms. The summed E-state index contributed by atoms with van der Waals surface area (Å²) in [4.78, 5) is 32.8. The van der Waals surface area contributed by atoms with Crippen LogP contribution in [0.4, 0.5) is 4.79 Å². The number of hydrogen-bond donors (Lipinski definition) is 0. The van der Waals surface area contributed by atoms with Gasteiger partial charge in [0.25, 0.3) is 5.91 Å². The number of carbonyl (C=O) groups excluding carboxylic acids is 2. The number of thiazole rings is 1. The highest BCUT2D eigenvalue weighted by Gasteiger charge is 2.35. The lowest BCUT2D eigenvalue weighted by Gasteiger charge is -2.38. The van der Waals surface area contributed by atoms with E-state index in [9.17, 15) is 9.59 Å². The predicted molar refractivity (Wildman–Crippen MR) is 93.3 cm³/mol. The number of nitrogens with zero attached hydrogens (tertiary/aromatic N) is 3. The van der Waals surface area contributed by atoms with Gasteiger partial charge in [-0.2, -0.15) is 0 Å². The van der Waals surface area contributed by atoms with Gasteiger partial charge >= 0.3 is 6.09 Å². The lowest BCUT2D eigenvalue weighted by Crippen LogP contribution is -2.51. The summed E-state index contributed by atoms with van der Waals surface area (Å²) in [5.41, 5.74) is 0. The summed E-state index contributed by atoms with van der Waals surface area (Å²) < 4.78 is 10.7. The largest absolute Gasteiger partial charge is 0.450 e. The molecule has 1 unspecified atom stereocenters. The summed E-state index contributed by atoms with van der Waals surface area (Å²) in [7, 11) is 0. The van der Waals surface area contributed by atoms with Crippen molar-refractivity contribution in [2.45, 2.75) is 51.3 Å². The van der Waals surface area contributed by atoms with Crippen LogP contribution in [0.3, 0.4) is 0 Å². The second-order valence-electron chi connectivity index (χ2n) is 6.31. The Labute approximate surface area is 151 Å². The Morgan fingerprint density at radius 3 is 2.80 bits per heavy atom. The lowest BCUT2D eigenvalue weighted by atomic mass is 10.0. The fourth-order valence-corrected chi connectivity index (χ4v) is 4.01. The van der Waals surface area contributed by atoms with Crippen molar-refractivity contribution in [3.05, 3.63) is 16.6 Å². The third kappa shape index (κ3) is 4.49. The second-order valence-corrected chi connectivity index (χ2v) is 7.29. The van der Waals surface area contributed by atoms with E-state index in [4.69, 9.17) is 9.47 Å². The molecule has 3 rings (SSSR count). The maximum Gasteiger partial charge on any atom is 0.409 e. The van der Waals surface area contributed by atoms with E-state index >= 15 is 0 Å². The maximum atomic E-state index is 13.0. The number of hydrogen-bond acceptors (Lipinski definition) is 6. The Balaban J connectivity index is 1.65. The van der Waals surface area contributed by atoms with Gasteiger partial charge in [-0.15, -0.1) is 11.3 Å². The predicted octanol–water partition coefficient (Wildman–Crippen LogP) is 2.27. The van der Waals surface area contributed by atoms with Crippen LogP contribution in [-0.2, 0) is 20.8 Å². The Morgan fingerprint density at radius 1 is 1.40 bits per heavy atom. The van der Waals surface area contributed by atoms with Gasteiger partial charge in [0.1, 0.15) is 11.1 Å². The highest BCUT2D eigenvalue weighted by molar-refractivity contribution is 7.09. The number of likely N-dealkylation sites (tertiary alicyclic amines) is 1. The fourth-order valence-electron chi connectivity index (χ4n) is 3.40. The third-order valence-electron chi connectivity index (χ3n) is 4.71. The van der Waals surface area contributed by atoms with Gasteiger partial charge in [0.05, 0.1) is 13.2 Å². The number of piperidine rings is 1. The first-order chi connectivity index (χ1) is 12.2. The van der Waals surface area contributed by atoms with Gasteiger partial charge < -0.3 is 19.3 Å². The Hall–Kier alpha value is -1.67. The minimum Gasteiger partial charge on any atom is -0.450 e. The number of rotatable bonds is 5. The average Bonchev–Trinajstić information content (AvgIpc) is 3.33. The molecule has 2 saturated heterocycles. The van der Waals surface area contributed by atoms with Crippen molar-refractivity contribution in [2.24, 2.45) is 0 Å². The molecule has 138 valence electrons. The monoisotopic (exact) mass is 367 g/mol. The second kappa shape index (κ2) is 8.62. The Kier molecular flexibility index (Phi) is 6.25. The molecule has 0 N–H and O–H groups in total. The van der Waals surface area contributed by atoms with Gasteiger partial charge in [-0.25, -0.2) is 9.78 Å². The summed E-state index contributed by atoms with van der Waals surface area (Å²) in [5, 5.41) is 2.85. The summed E-state index contributed by atoms with van der Waals surface area (Å²) in [6.07, 6.45) is 4.39. The third-order valence-corrected chi connectivity index (χ3v) is 5.47. The van der Waals surface area contributed by atoms with Crippen LogP contribution in [0.1, 0.15) is 37.6 Å². The van der Waals surface area contributed by atoms with Gasteiger partial charge in [-0.3, -0.25) is 4.79 Å². The van der Waals surface area contributed by atoms with Crippen LogP contribution in [0.2, 0.25) is 0 Å². The smallest absolute Gasteiger partial charge is 0.409 e. The van der Waals surface area contributed by atoms with Crippen LogP contribution in [0.5, 0.6) is 0 Å². The molecule has 1 aromatic heterocycles. The van der Waals surface area contributed by atoms with Crippen molar-refractivity contribution >= 4 is 23.3 Å². The fraction of sp³-hybridized carbons (Fsp3) is 0.706. The summed E-state index contributed by atoms with van der Waals surface area (Å²) >= 11 is 1.56. The number of amides is 2. The van der Waals surface area contributed by atoms with E-state index in [1.165, 1.54) is 0 Å². The van der Waals surface area contributed by atoms with Crippen LogP contribution in [-0.4, -0.2) is 65.2 Å². The molecule has 0 bridgehead atoms. The molecular formula is C17H25N3O4S. The van der Waals surface area contributed by atoms with Crippen molar-refractivity contribution in [3.8, 4) is 0 Å². The zero-order valence-corrected chi connectivity index (χ0v) is 15.4. The first kappa shape index (κ1) is 18.1. The molecule has 2 amide bonds. The number of carbonyl (C=O) groups is 2.